The predicted octanol–water partition coefficient (Wildman–Crippen LogP) is 3.13. The number of rotatable bonds is 6. The Bertz CT molecular complexity index is 1240. The number of hydrogen-bond acceptors (Lipinski definition) is 4. The van der Waals surface area contributed by atoms with Crippen molar-refractivity contribution in [2.75, 3.05) is 7.05 Å². The van der Waals surface area contributed by atoms with Gasteiger partial charge in [0.1, 0.15) is 5.52 Å². The van der Waals surface area contributed by atoms with Gasteiger partial charge in [-0.2, -0.15) is 0 Å². The zero-order valence-electron chi connectivity index (χ0n) is 17.8. The third-order valence-electron chi connectivity index (χ3n) is 5.65. The van der Waals surface area contributed by atoms with Gasteiger partial charge in [-0.3, -0.25) is 9.36 Å². The molecule has 0 spiro atoms. The molecule has 0 saturated carbocycles. The lowest BCUT2D eigenvalue weighted by atomic mass is 9.95. The second kappa shape index (κ2) is 7.76. The highest BCUT2D eigenvalue weighted by Crippen LogP contribution is 2.29. The number of sulfonamides is 1. The van der Waals surface area contributed by atoms with Crippen LogP contribution in [-0.4, -0.2) is 29.6 Å². The Balaban J connectivity index is 2.27. The van der Waals surface area contributed by atoms with Crippen LogP contribution < -0.4 is 10.3 Å². The van der Waals surface area contributed by atoms with Crippen LogP contribution in [-0.2, 0) is 17.1 Å². The minimum absolute atomic E-state index is 0.101. The molecule has 0 bridgehead atoms. The molecule has 1 aromatic carbocycles. The third-order valence-corrected chi connectivity index (χ3v) is 7.06. The molecule has 2 heterocycles. The minimum Gasteiger partial charge on any atom is -0.293 e. The van der Waals surface area contributed by atoms with Gasteiger partial charge in [-0.05, 0) is 75.0 Å². The fraction of sp³-hybridized carbons (Fsp3) is 0.429. The largest absolute Gasteiger partial charge is 0.293 e. The van der Waals surface area contributed by atoms with Crippen LogP contribution >= 0.6 is 0 Å². The molecule has 0 saturated heterocycles. The van der Waals surface area contributed by atoms with Crippen LogP contribution in [0.5, 0.6) is 0 Å². The Hall–Kier alpha value is -2.45. The quantitative estimate of drug-likeness (QED) is 0.669. The normalized spacial score (nSPS) is 12.2. The Kier molecular flexibility index (Phi) is 5.69. The number of aromatic nitrogens is 3. The molecule has 7 nitrogen and oxygen atoms in total. The van der Waals surface area contributed by atoms with Crippen LogP contribution in [0.25, 0.3) is 16.9 Å². The molecule has 0 radical (unpaired) electrons. The molecule has 8 heteroatoms. The molecule has 0 aliphatic rings. The highest BCUT2D eigenvalue weighted by atomic mass is 32.2. The van der Waals surface area contributed by atoms with Crippen LogP contribution in [0.4, 0.5) is 0 Å². The van der Waals surface area contributed by atoms with Crippen LogP contribution in [0.1, 0.15) is 49.4 Å². The average Bonchev–Trinajstić information content (AvgIpc) is 3.02. The monoisotopic (exact) mass is 416 g/mol. The molecule has 0 atom stereocenters. The topological polar surface area (TPSA) is 85.5 Å². The van der Waals surface area contributed by atoms with E-state index in [0.29, 0.717) is 17.3 Å². The summed E-state index contributed by atoms with van der Waals surface area (Å²) in [7, 11) is -0.447. The molecule has 1 N–H and O–H groups in total. The van der Waals surface area contributed by atoms with E-state index in [-0.39, 0.29) is 10.5 Å². The van der Waals surface area contributed by atoms with E-state index in [1.807, 2.05) is 13.8 Å². The van der Waals surface area contributed by atoms with E-state index in [9.17, 15) is 13.2 Å². The van der Waals surface area contributed by atoms with Gasteiger partial charge in [0, 0.05) is 18.3 Å². The van der Waals surface area contributed by atoms with E-state index in [1.165, 1.54) is 13.1 Å². The van der Waals surface area contributed by atoms with E-state index in [4.69, 9.17) is 5.10 Å². The third kappa shape index (κ3) is 3.51. The molecular weight excluding hydrogens is 388 g/mol. The van der Waals surface area contributed by atoms with Crippen molar-refractivity contribution in [1.82, 2.24) is 18.9 Å². The van der Waals surface area contributed by atoms with Crippen molar-refractivity contribution in [2.24, 2.45) is 7.05 Å². The second-order valence-electron chi connectivity index (χ2n) is 7.39. The van der Waals surface area contributed by atoms with Gasteiger partial charge < -0.3 is 0 Å². The number of hydrogen-bond donors (Lipinski definition) is 1. The van der Waals surface area contributed by atoms with Crippen molar-refractivity contribution in [3.63, 3.8) is 0 Å². The molecule has 2 aromatic heterocycles. The van der Waals surface area contributed by atoms with Crippen molar-refractivity contribution in [3.05, 3.63) is 51.4 Å². The van der Waals surface area contributed by atoms with Gasteiger partial charge in [-0.1, -0.05) is 13.8 Å². The first kappa shape index (κ1) is 21.3. The van der Waals surface area contributed by atoms with Gasteiger partial charge in [0.15, 0.2) is 5.82 Å². The lowest BCUT2D eigenvalue weighted by Crippen LogP contribution is -2.24. The molecule has 0 fully saturated rings. The van der Waals surface area contributed by atoms with E-state index in [0.717, 1.165) is 35.2 Å². The zero-order valence-corrected chi connectivity index (χ0v) is 18.6. The van der Waals surface area contributed by atoms with Crippen LogP contribution in [0.3, 0.4) is 0 Å². The van der Waals surface area contributed by atoms with Crippen molar-refractivity contribution in [3.8, 4) is 11.4 Å². The van der Waals surface area contributed by atoms with Gasteiger partial charge in [0.05, 0.1) is 4.90 Å². The molecule has 3 aromatic rings. The second-order valence-corrected chi connectivity index (χ2v) is 9.27. The smallest absolute Gasteiger partial charge is 0.278 e. The zero-order chi connectivity index (χ0) is 21.5. The lowest BCUT2D eigenvalue weighted by Gasteiger charge is -2.14. The molecular formula is C21H28N4O3S. The molecule has 0 unspecified atom stereocenters. The maximum Gasteiger partial charge on any atom is 0.278 e. The maximum absolute atomic E-state index is 13.3. The van der Waals surface area contributed by atoms with Crippen LogP contribution in [0.2, 0.25) is 0 Å². The molecule has 0 aliphatic carbocycles. The molecule has 29 heavy (non-hydrogen) atoms. The Morgan fingerprint density at radius 2 is 1.79 bits per heavy atom. The van der Waals surface area contributed by atoms with E-state index in [2.05, 4.69) is 24.6 Å². The minimum atomic E-state index is -3.54. The van der Waals surface area contributed by atoms with Crippen molar-refractivity contribution >= 4 is 15.5 Å². The Labute approximate surface area is 171 Å². The summed E-state index contributed by atoms with van der Waals surface area (Å²) < 4.78 is 29.8. The van der Waals surface area contributed by atoms with Gasteiger partial charge in [0.25, 0.3) is 5.56 Å². The average molecular weight is 417 g/mol. The van der Waals surface area contributed by atoms with Crippen molar-refractivity contribution in [2.45, 2.75) is 51.3 Å². The van der Waals surface area contributed by atoms with Gasteiger partial charge in [0.2, 0.25) is 10.0 Å². The first-order chi connectivity index (χ1) is 13.7. The Morgan fingerprint density at radius 1 is 1.14 bits per heavy atom. The number of nitrogens with one attached hydrogen (secondary N) is 1. The summed E-state index contributed by atoms with van der Waals surface area (Å²) in [4.78, 5) is 13.5. The van der Waals surface area contributed by atoms with Gasteiger partial charge >= 0.3 is 0 Å². The summed E-state index contributed by atoms with van der Waals surface area (Å²) >= 11 is 0. The van der Waals surface area contributed by atoms with Gasteiger partial charge in [-0.15, -0.1) is 5.10 Å². The number of aryl methyl sites for hydroxylation is 2. The molecule has 156 valence electrons. The summed E-state index contributed by atoms with van der Waals surface area (Å²) in [5.41, 5.74) is 3.92. The summed E-state index contributed by atoms with van der Waals surface area (Å²) in [6.45, 7) is 8.02. The van der Waals surface area contributed by atoms with E-state index >= 15 is 0 Å². The first-order valence-corrected chi connectivity index (χ1v) is 11.3. The predicted molar refractivity (Wildman–Crippen MR) is 115 cm³/mol. The first-order valence-electron chi connectivity index (χ1n) is 9.80. The van der Waals surface area contributed by atoms with Crippen LogP contribution in [0, 0.1) is 13.8 Å². The SMILES string of the molecule is CCC(CC)c1cc(C)n2nc(-c3ccc(S(=O)(=O)NC)cc3C)n(C)c(=O)c12. The maximum atomic E-state index is 13.3. The fourth-order valence-electron chi connectivity index (χ4n) is 3.86. The van der Waals surface area contributed by atoms with Gasteiger partial charge in [-0.25, -0.2) is 17.7 Å². The number of fused-ring (bicyclic) bond motifs is 1. The van der Waals surface area contributed by atoms with Crippen molar-refractivity contribution in [1.29, 1.82) is 0 Å². The fourth-order valence-corrected chi connectivity index (χ4v) is 4.67. The summed E-state index contributed by atoms with van der Waals surface area (Å²) in [6.07, 6.45) is 1.92. The standard InChI is InChI=1S/C21H28N4O3S/c1-7-15(8-2)18-12-14(4)25-19(18)21(26)24(6)20(23-25)17-10-9-16(11-13(17)3)29(27,28)22-5/h9-12,15,22H,7-8H2,1-6H3. The lowest BCUT2D eigenvalue weighted by molar-refractivity contribution is 0.588. The molecule has 0 aliphatic heterocycles. The number of benzene rings is 1. The number of nitrogens with zero attached hydrogens (tertiary/aromatic N) is 3. The van der Waals surface area contributed by atoms with Crippen molar-refractivity contribution < 1.29 is 8.42 Å². The highest BCUT2D eigenvalue weighted by molar-refractivity contribution is 7.89. The van der Waals surface area contributed by atoms with Crippen LogP contribution in [0.15, 0.2) is 34.0 Å². The molecule has 3 rings (SSSR count). The Morgan fingerprint density at radius 3 is 2.34 bits per heavy atom. The summed E-state index contributed by atoms with van der Waals surface area (Å²) in [5, 5.41) is 4.76. The van der Waals surface area contributed by atoms with E-state index < -0.39 is 10.0 Å². The summed E-state index contributed by atoms with van der Waals surface area (Å²) in [6, 6.07) is 6.88. The van der Waals surface area contributed by atoms with E-state index in [1.54, 1.807) is 28.3 Å². The highest BCUT2D eigenvalue weighted by Gasteiger charge is 2.21. The summed E-state index contributed by atoms with van der Waals surface area (Å²) in [5.74, 6) is 0.815. The molecule has 0 amide bonds.